The molecule has 5 nitrogen and oxygen atoms in total. The molecule has 0 atom stereocenters. The first-order valence-corrected chi connectivity index (χ1v) is 7.89. The minimum absolute atomic E-state index is 0.0564. The van der Waals surface area contributed by atoms with E-state index in [2.05, 4.69) is 17.2 Å². The number of carbonyl (C=O) groups excluding carboxylic acids is 1. The van der Waals surface area contributed by atoms with Gasteiger partial charge in [-0.15, -0.1) is 0 Å². The molecule has 1 aliphatic carbocycles. The van der Waals surface area contributed by atoms with Crippen molar-refractivity contribution in [3.8, 4) is 0 Å². The molecule has 2 aromatic rings. The Bertz CT molecular complexity index is 809. The molecular formula is C17H18ClN3O2. The zero-order valence-corrected chi connectivity index (χ0v) is 13.8. The molecule has 0 bridgehead atoms. The molecule has 1 aromatic heterocycles. The highest BCUT2D eigenvalue weighted by molar-refractivity contribution is 6.30. The maximum atomic E-state index is 12.9. The third kappa shape index (κ3) is 2.77. The number of hydrogen-bond acceptors (Lipinski definition) is 3. The largest absolute Gasteiger partial charge is 0.314 e. The zero-order valence-electron chi connectivity index (χ0n) is 13.0. The maximum Gasteiger partial charge on any atom is 0.293 e. The summed E-state index contributed by atoms with van der Waals surface area (Å²) in [5.74, 6) is 0.306. The van der Waals surface area contributed by atoms with Crippen molar-refractivity contribution in [2.24, 2.45) is 13.0 Å². The number of nitrogens with zero attached hydrogens (tertiary/aromatic N) is 2. The lowest BCUT2D eigenvalue weighted by atomic mass is 9.58. The number of rotatable bonds is 3. The average Bonchev–Trinajstić information content (AvgIpc) is 2.48. The van der Waals surface area contributed by atoms with E-state index in [4.69, 9.17) is 11.6 Å². The molecule has 1 aromatic carbocycles. The number of nitrogens with one attached hydrogen (secondary N) is 1. The van der Waals surface area contributed by atoms with E-state index in [0.29, 0.717) is 10.9 Å². The van der Waals surface area contributed by atoms with Gasteiger partial charge in [-0.1, -0.05) is 30.7 Å². The third-order valence-corrected chi connectivity index (χ3v) is 4.69. The van der Waals surface area contributed by atoms with Gasteiger partial charge in [0.25, 0.3) is 5.56 Å². The average molecular weight is 332 g/mol. The summed E-state index contributed by atoms with van der Waals surface area (Å²) in [5.41, 5.74) is -0.0878. The number of aryl methyl sites for hydroxylation is 1. The second-order valence-corrected chi connectivity index (χ2v) is 6.69. The van der Waals surface area contributed by atoms with Crippen LogP contribution in [0.4, 0.5) is 5.82 Å². The number of aromatic nitrogens is 2. The lowest BCUT2D eigenvalue weighted by Crippen LogP contribution is -2.50. The molecule has 0 saturated heterocycles. The summed E-state index contributed by atoms with van der Waals surface area (Å²) in [4.78, 5) is 28.9. The van der Waals surface area contributed by atoms with Crippen molar-refractivity contribution >= 4 is 23.3 Å². The van der Waals surface area contributed by atoms with E-state index in [9.17, 15) is 9.59 Å². The Morgan fingerprint density at radius 1 is 1.43 bits per heavy atom. The molecule has 1 heterocycles. The molecule has 1 N–H and O–H groups in total. The minimum atomic E-state index is -0.646. The van der Waals surface area contributed by atoms with Crippen molar-refractivity contribution in [2.45, 2.75) is 25.2 Å². The van der Waals surface area contributed by atoms with E-state index in [1.54, 1.807) is 19.3 Å². The van der Waals surface area contributed by atoms with Crippen molar-refractivity contribution in [2.75, 3.05) is 5.32 Å². The normalized spacial score (nSPS) is 23.2. The van der Waals surface area contributed by atoms with E-state index in [1.807, 2.05) is 18.2 Å². The first-order valence-electron chi connectivity index (χ1n) is 7.51. The number of benzene rings is 1. The van der Waals surface area contributed by atoms with Crippen LogP contribution >= 0.6 is 11.6 Å². The fourth-order valence-electron chi connectivity index (χ4n) is 3.28. The van der Waals surface area contributed by atoms with Gasteiger partial charge in [0.05, 0.1) is 5.41 Å². The summed E-state index contributed by atoms with van der Waals surface area (Å²) in [7, 11) is 1.62. The van der Waals surface area contributed by atoms with Gasteiger partial charge < -0.3 is 9.88 Å². The smallest absolute Gasteiger partial charge is 0.293 e. The molecule has 0 spiro atoms. The highest BCUT2D eigenvalue weighted by Gasteiger charge is 2.49. The Morgan fingerprint density at radius 2 is 2.17 bits per heavy atom. The summed E-state index contributed by atoms with van der Waals surface area (Å²) >= 11 is 6.08. The molecule has 23 heavy (non-hydrogen) atoms. The minimum Gasteiger partial charge on any atom is -0.314 e. The molecule has 3 rings (SSSR count). The monoisotopic (exact) mass is 331 g/mol. The van der Waals surface area contributed by atoms with Crippen molar-refractivity contribution < 1.29 is 4.79 Å². The summed E-state index contributed by atoms with van der Waals surface area (Å²) in [6.07, 6.45) is 4.50. The van der Waals surface area contributed by atoms with Gasteiger partial charge in [0.15, 0.2) is 5.82 Å². The number of hydrogen-bond donors (Lipinski definition) is 1. The van der Waals surface area contributed by atoms with E-state index < -0.39 is 5.41 Å². The van der Waals surface area contributed by atoms with Crippen LogP contribution in [0.15, 0.2) is 41.5 Å². The molecule has 0 radical (unpaired) electrons. The summed E-state index contributed by atoms with van der Waals surface area (Å²) in [5, 5.41) is 3.31. The Hall–Kier alpha value is -2.14. The van der Waals surface area contributed by atoms with Crippen LogP contribution in [0.3, 0.4) is 0 Å². The molecule has 0 aliphatic heterocycles. The summed E-state index contributed by atoms with van der Waals surface area (Å²) in [6.45, 7) is 2.11. The second-order valence-electron chi connectivity index (χ2n) is 6.25. The predicted octanol–water partition coefficient (Wildman–Crippen LogP) is 2.74. The molecule has 1 aliphatic rings. The van der Waals surface area contributed by atoms with Crippen LogP contribution in [0.1, 0.15) is 25.3 Å². The van der Waals surface area contributed by atoms with Gasteiger partial charge in [0.2, 0.25) is 5.91 Å². The number of halogens is 1. The molecule has 1 amide bonds. The topological polar surface area (TPSA) is 64.0 Å². The summed E-state index contributed by atoms with van der Waals surface area (Å²) in [6, 6.07) is 7.36. The highest BCUT2D eigenvalue weighted by Crippen LogP contribution is 2.48. The number of carbonyl (C=O) groups is 1. The lowest BCUT2D eigenvalue weighted by molar-refractivity contribution is -0.126. The predicted molar refractivity (Wildman–Crippen MR) is 89.6 cm³/mol. The van der Waals surface area contributed by atoms with Gasteiger partial charge >= 0.3 is 0 Å². The van der Waals surface area contributed by atoms with Crippen molar-refractivity contribution in [3.05, 3.63) is 57.6 Å². The molecule has 120 valence electrons. The van der Waals surface area contributed by atoms with Crippen LogP contribution in [-0.2, 0) is 17.3 Å². The fourth-order valence-corrected chi connectivity index (χ4v) is 3.47. The van der Waals surface area contributed by atoms with E-state index in [1.165, 1.54) is 10.8 Å². The quantitative estimate of drug-likeness (QED) is 0.940. The van der Waals surface area contributed by atoms with E-state index >= 15 is 0 Å². The second kappa shape index (κ2) is 5.81. The third-order valence-electron chi connectivity index (χ3n) is 4.45. The van der Waals surface area contributed by atoms with Crippen LogP contribution in [0.5, 0.6) is 0 Å². The van der Waals surface area contributed by atoms with Crippen molar-refractivity contribution in [1.82, 2.24) is 9.55 Å². The summed E-state index contributed by atoms with van der Waals surface area (Å²) < 4.78 is 1.39. The lowest BCUT2D eigenvalue weighted by Gasteiger charge is -2.45. The van der Waals surface area contributed by atoms with Crippen LogP contribution in [-0.4, -0.2) is 15.5 Å². The standard InChI is InChI=1S/C17H18ClN3O2/c1-11-9-17(10-11,12-4-3-5-13(18)8-12)16(23)20-14-15(22)21(2)7-6-19-14/h3-8,11H,9-10H2,1-2H3,(H,19,20,23). The molecular weight excluding hydrogens is 314 g/mol. The van der Waals surface area contributed by atoms with Crippen LogP contribution in [0.2, 0.25) is 5.02 Å². The van der Waals surface area contributed by atoms with Crippen LogP contribution in [0, 0.1) is 5.92 Å². The van der Waals surface area contributed by atoms with Gasteiger partial charge in [0.1, 0.15) is 0 Å². The van der Waals surface area contributed by atoms with E-state index in [0.717, 1.165) is 18.4 Å². The Labute approximate surface area is 139 Å². The highest BCUT2D eigenvalue weighted by atomic mass is 35.5. The van der Waals surface area contributed by atoms with Gasteiger partial charge in [0, 0.05) is 24.5 Å². The molecule has 0 unspecified atom stereocenters. The zero-order chi connectivity index (χ0) is 16.6. The van der Waals surface area contributed by atoms with Crippen LogP contribution in [0.25, 0.3) is 0 Å². The Balaban J connectivity index is 1.94. The van der Waals surface area contributed by atoms with Crippen molar-refractivity contribution in [3.63, 3.8) is 0 Å². The Kier molecular flexibility index (Phi) is 3.98. The number of anilines is 1. The molecule has 6 heteroatoms. The van der Waals surface area contributed by atoms with Gasteiger partial charge in [-0.05, 0) is 36.5 Å². The Morgan fingerprint density at radius 3 is 2.83 bits per heavy atom. The van der Waals surface area contributed by atoms with Crippen molar-refractivity contribution in [1.29, 1.82) is 0 Å². The van der Waals surface area contributed by atoms with Gasteiger partial charge in [-0.2, -0.15) is 0 Å². The fraction of sp³-hybridized carbons (Fsp3) is 0.353. The van der Waals surface area contributed by atoms with Gasteiger partial charge in [-0.3, -0.25) is 9.59 Å². The first-order chi connectivity index (χ1) is 10.9. The molecule has 1 fully saturated rings. The van der Waals surface area contributed by atoms with E-state index in [-0.39, 0.29) is 17.3 Å². The van der Waals surface area contributed by atoms with Crippen LogP contribution < -0.4 is 10.9 Å². The maximum absolute atomic E-state index is 12.9. The first kappa shape index (κ1) is 15.7. The SMILES string of the molecule is CC1CC(C(=O)Nc2nccn(C)c2=O)(c2cccc(Cl)c2)C1. The molecule has 1 saturated carbocycles. The number of amides is 1. The van der Waals surface area contributed by atoms with Gasteiger partial charge in [-0.25, -0.2) is 4.98 Å².